The van der Waals surface area contributed by atoms with E-state index < -0.39 is 5.82 Å². The van der Waals surface area contributed by atoms with E-state index in [1.54, 1.807) is 0 Å². The van der Waals surface area contributed by atoms with Crippen molar-refractivity contribution in [2.75, 3.05) is 32.8 Å². The number of halogens is 2. The standard InChI is InChI=1S/C22H28F2N2O/c23-20-8-9-22(24)19(15-20)16-25-12-13-26(21(17-25)10-14-27)11-4-7-18-5-2-1-3-6-18/h1-3,5-6,8-9,15,21,27H,4,7,10-14,16-17H2/t21-/m1/s1. The molecule has 1 N–H and O–H groups in total. The average molecular weight is 374 g/mol. The van der Waals surface area contributed by atoms with Crippen LogP contribution in [0.5, 0.6) is 0 Å². The van der Waals surface area contributed by atoms with E-state index in [0.717, 1.165) is 45.1 Å². The summed E-state index contributed by atoms with van der Waals surface area (Å²) < 4.78 is 27.3. The van der Waals surface area contributed by atoms with Crippen LogP contribution in [0.2, 0.25) is 0 Å². The molecule has 0 amide bonds. The van der Waals surface area contributed by atoms with Crippen LogP contribution in [0.4, 0.5) is 8.78 Å². The van der Waals surface area contributed by atoms with E-state index >= 15 is 0 Å². The van der Waals surface area contributed by atoms with E-state index in [1.165, 1.54) is 17.7 Å². The number of benzene rings is 2. The lowest BCUT2D eigenvalue weighted by molar-refractivity contribution is 0.0541. The first-order chi connectivity index (χ1) is 13.2. The minimum absolute atomic E-state index is 0.141. The fourth-order valence-corrected chi connectivity index (χ4v) is 3.85. The molecule has 1 saturated heterocycles. The summed E-state index contributed by atoms with van der Waals surface area (Å²) in [6.45, 7) is 4.01. The van der Waals surface area contributed by atoms with Crippen molar-refractivity contribution in [2.45, 2.75) is 31.8 Å². The summed E-state index contributed by atoms with van der Waals surface area (Å²) >= 11 is 0. The Morgan fingerprint density at radius 1 is 1.04 bits per heavy atom. The molecule has 146 valence electrons. The third-order valence-electron chi connectivity index (χ3n) is 5.31. The van der Waals surface area contributed by atoms with Gasteiger partial charge in [-0.15, -0.1) is 0 Å². The van der Waals surface area contributed by atoms with Crippen molar-refractivity contribution in [3.63, 3.8) is 0 Å². The molecule has 1 atom stereocenters. The van der Waals surface area contributed by atoms with Gasteiger partial charge in [0.1, 0.15) is 11.6 Å². The highest BCUT2D eigenvalue weighted by atomic mass is 19.1. The number of nitrogens with zero attached hydrogens (tertiary/aromatic N) is 2. The molecule has 27 heavy (non-hydrogen) atoms. The van der Waals surface area contributed by atoms with Gasteiger partial charge in [-0.3, -0.25) is 9.80 Å². The second-order valence-corrected chi connectivity index (χ2v) is 7.26. The third-order valence-corrected chi connectivity index (χ3v) is 5.31. The molecule has 2 aromatic rings. The quantitative estimate of drug-likeness (QED) is 0.767. The van der Waals surface area contributed by atoms with E-state index in [-0.39, 0.29) is 18.5 Å². The smallest absolute Gasteiger partial charge is 0.127 e. The maximum atomic E-state index is 13.9. The highest BCUT2D eigenvalue weighted by molar-refractivity contribution is 5.19. The Balaban J connectivity index is 1.53. The summed E-state index contributed by atoms with van der Waals surface area (Å²) in [5.74, 6) is -0.766. The van der Waals surface area contributed by atoms with Crippen LogP contribution in [0.3, 0.4) is 0 Å². The molecular formula is C22H28F2N2O. The fourth-order valence-electron chi connectivity index (χ4n) is 3.85. The lowest BCUT2D eigenvalue weighted by Crippen LogP contribution is -2.53. The van der Waals surface area contributed by atoms with E-state index in [0.29, 0.717) is 18.5 Å². The molecule has 0 radical (unpaired) electrons. The van der Waals surface area contributed by atoms with Crippen molar-refractivity contribution in [1.82, 2.24) is 9.80 Å². The van der Waals surface area contributed by atoms with Crippen molar-refractivity contribution in [3.05, 3.63) is 71.3 Å². The number of hydrogen-bond donors (Lipinski definition) is 1. The molecule has 5 heteroatoms. The Morgan fingerprint density at radius 2 is 1.85 bits per heavy atom. The maximum absolute atomic E-state index is 13.9. The monoisotopic (exact) mass is 374 g/mol. The molecule has 0 unspecified atom stereocenters. The lowest BCUT2D eigenvalue weighted by atomic mass is 10.1. The molecule has 3 nitrogen and oxygen atoms in total. The molecule has 1 heterocycles. The summed E-state index contributed by atoms with van der Waals surface area (Å²) in [4.78, 5) is 4.59. The zero-order valence-electron chi connectivity index (χ0n) is 15.7. The van der Waals surface area contributed by atoms with Crippen LogP contribution in [0.25, 0.3) is 0 Å². The Kier molecular flexibility index (Phi) is 7.33. The van der Waals surface area contributed by atoms with Crippen molar-refractivity contribution in [2.24, 2.45) is 0 Å². The summed E-state index contributed by atoms with van der Waals surface area (Å²) in [6.07, 6.45) is 2.82. The van der Waals surface area contributed by atoms with Gasteiger partial charge in [0.15, 0.2) is 0 Å². The van der Waals surface area contributed by atoms with Crippen LogP contribution in [0.1, 0.15) is 24.0 Å². The minimum atomic E-state index is -0.405. The predicted octanol–water partition coefficient (Wildman–Crippen LogP) is 3.47. The van der Waals surface area contributed by atoms with Gasteiger partial charge in [0.05, 0.1) is 0 Å². The van der Waals surface area contributed by atoms with Crippen LogP contribution in [0, 0.1) is 11.6 Å². The van der Waals surface area contributed by atoms with E-state index in [2.05, 4.69) is 34.1 Å². The topological polar surface area (TPSA) is 26.7 Å². The van der Waals surface area contributed by atoms with Crippen molar-refractivity contribution in [1.29, 1.82) is 0 Å². The molecule has 0 spiro atoms. The van der Waals surface area contributed by atoms with E-state index in [4.69, 9.17) is 0 Å². The lowest BCUT2D eigenvalue weighted by Gasteiger charge is -2.41. The van der Waals surface area contributed by atoms with Gasteiger partial charge in [-0.1, -0.05) is 30.3 Å². The van der Waals surface area contributed by atoms with Gasteiger partial charge in [-0.25, -0.2) is 8.78 Å². The molecule has 1 fully saturated rings. The fraction of sp³-hybridized carbons (Fsp3) is 0.455. The summed E-state index contributed by atoms with van der Waals surface area (Å²) in [6, 6.07) is 14.3. The Bertz CT molecular complexity index is 711. The Hall–Kier alpha value is -1.82. The van der Waals surface area contributed by atoms with Gasteiger partial charge in [-0.2, -0.15) is 0 Å². The third kappa shape index (κ3) is 5.83. The number of aliphatic hydroxyl groups excluding tert-OH is 1. The maximum Gasteiger partial charge on any atom is 0.127 e. The van der Waals surface area contributed by atoms with Gasteiger partial charge in [-0.05, 0) is 49.6 Å². The zero-order chi connectivity index (χ0) is 19.1. The molecule has 2 aromatic carbocycles. The van der Waals surface area contributed by atoms with Crippen LogP contribution in [-0.4, -0.2) is 53.7 Å². The summed E-state index contributed by atoms with van der Waals surface area (Å²) in [5.41, 5.74) is 1.74. The highest BCUT2D eigenvalue weighted by Crippen LogP contribution is 2.18. The highest BCUT2D eigenvalue weighted by Gasteiger charge is 2.26. The number of piperazine rings is 1. The number of aryl methyl sites for hydroxylation is 1. The van der Waals surface area contributed by atoms with Gasteiger partial charge < -0.3 is 5.11 Å². The first kappa shape index (κ1) is 19.9. The number of hydrogen-bond acceptors (Lipinski definition) is 3. The largest absolute Gasteiger partial charge is 0.396 e. The normalized spacial score (nSPS) is 18.7. The van der Waals surface area contributed by atoms with Gasteiger partial charge in [0, 0.05) is 44.4 Å². The second-order valence-electron chi connectivity index (χ2n) is 7.26. The van der Waals surface area contributed by atoms with Crippen molar-refractivity contribution < 1.29 is 13.9 Å². The van der Waals surface area contributed by atoms with Gasteiger partial charge >= 0.3 is 0 Å². The van der Waals surface area contributed by atoms with Crippen LogP contribution in [0.15, 0.2) is 48.5 Å². The molecule has 3 rings (SSSR count). The average Bonchev–Trinajstić information content (AvgIpc) is 2.67. The SMILES string of the molecule is OCC[C@@H]1CN(Cc2cc(F)ccc2F)CCN1CCCc1ccccc1. The Labute approximate surface area is 160 Å². The molecule has 0 saturated carbocycles. The van der Waals surface area contributed by atoms with Crippen molar-refractivity contribution in [3.8, 4) is 0 Å². The molecule has 1 aliphatic heterocycles. The Morgan fingerprint density at radius 3 is 2.63 bits per heavy atom. The van der Waals surface area contributed by atoms with Crippen LogP contribution in [-0.2, 0) is 13.0 Å². The van der Waals surface area contributed by atoms with Crippen LogP contribution < -0.4 is 0 Å². The number of rotatable bonds is 8. The van der Waals surface area contributed by atoms with Crippen LogP contribution >= 0.6 is 0 Å². The molecule has 0 aromatic heterocycles. The minimum Gasteiger partial charge on any atom is -0.396 e. The summed E-state index contributed by atoms with van der Waals surface area (Å²) in [5, 5.41) is 9.44. The molecular weight excluding hydrogens is 346 g/mol. The first-order valence-corrected chi connectivity index (χ1v) is 9.71. The zero-order valence-corrected chi connectivity index (χ0v) is 15.7. The van der Waals surface area contributed by atoms with E-state index in [9.17, 15) is 13.9 Å². The van der Waals surface area contributed by atoms with Gasteiger partial charge in [0.2, 0.25) is 0 Å². The predicted molar refractivity (Wildman–Crippen MR) is 103 cm³/mol. The van der Waals surface area contributed by atoms with Gasteiger partial charge in [0.25, 0.3) is 0 Å². The first-order valence-electron chi connectivity index (χ1n) is 9.71. The van der Waals surface area contributed by atoms with E-state index in [1.807, 2.05) is 6.07 Å². The van der Waals surface area contributed by atoms with Crippen molar-refractivity contribution >= 4 is 0 Å². The second kappa shape index (κ2) is 9.93. The molecule has 0 bridgehead atoms. The number of aliphatic hydroxyl groups is 1. The molecule has 0 aliphatic carbocycles. The molecule has 1 aliphatic rings. The summed E-state index contributed by atoms with van der Waals surface area (Å²) in [7, 11) is 0.